The zero-order valence-electron chi connectivity index (χ0n) is 16.3. The molecule has 30 heavy (non-hydrogen) atoms. The molecule has 0 bridgehead atoms. The van der Waals surface area contributed by atoms with E-state index < -0.39 is 0 Å². The maximum absolute atomic E-state index is 13.2. The van der Waals surface area contributed by atoms with Crippen LogP contribution in [0.1, 0.15) is 21.6 Å². The molecule has 1 saturated heterocycles. The quantitative estimate of drug-likeness (QED) is 0.473. The number of benzene rings is 2. The number of hydrogen-bond donors (Lipinski definition) is 0. The van der Waals surface area contributed by atoms with Crippen molar-refractivity contribution < 1.29 is 9.18 Å². The molecule has 0 aliphatic carbocycles. The number of nitrogens with zero attached hydrogens (tertiary/aromatic N) is 3. The van der Waals surface area contributed by atoms with Gasteiger partial charge in [-0.05, 0) is 29.8 Å². The first-order valence-electron chi connectivity index (χ1n) is 9.64. The van der Waals surface area contributed by atoms with Crippen LogP contribution in [0.25, 0.3) is 0 Å². The molecule has 0 spiro atoms. The molecule has 1 amide bonds. The minimum Gasteiger partial charge on any atom is -0.336 e. The molecule has 0 unspecified atom stereocenters. The lowest BCUT2D eigenvalue weighted by Gasteiger charge is -2.35. The second-order valence-electron chi connectivity index (χ2n) is 7.07. The molecule has 4 nitrogen and oxygen atoms in total. The monoisotopic (exact) mass is 461 g/mol. The van der Waals surface area contributed by atoms with Gasteiger partial charge in [0.25, 0.3) is 5.91 Å². The number of thioether (sulfide) groups is 1. The standard InChI is InChI=1S/C22H21ClFN3OS2/c23-20-11-17(24)6-5-16(20)12-26-7-9-27(10-8-26)22(28)19-3-1-2-4-21(19)30-14-18-13-29-15-25-18/h1-6,11,13,15H,7-10,12,14H2. The number of amides is 1. The lowest BCUT2D eigenvalue weighted by atomic mass is 10.1. The molecule has 8 heteroatoms. The van der Waals surface area contributed by atoms with Crippen molar-refractivity contribution >= 4 is 40.6 Å². The van der Waals surface area contributed by atoms with Crippen LogP contribution in [0.4, 0.5) is 4.39 Å². The van der Waals surface area contributed by atoms with Crippen LogP contribution < -0.4 is 0 Å². The van der Waals surface area contributed by atoms with Crippen molar-refractivity contribution in [1.82, 2.24) is 14.8 Å². The van der Waals surface area contributed by atoms with E-state index in [1.165, 1.54) is 12.1 Å². The summed E-state index contributed by atoms with van der Waals surface area (Å²) in [5, 5.41) is 2.48. The van der Waals surface area contributed by atoms with E-state index in [2.05, 4.69) is 9.88 Å². The normalized spacial score (nSPS) is 14.8. The molecule has 1 aliphatic rings. The first kappa shape index (κ1) is 21.3. The predicted molar refractivity (Wildman–Crippen MR) is 121 cm³/mol. The molecule has 1 fully saturated rings. The van der Waals surface area contributed by atoms with E-state index >= 15 is 0 Å². The number of halogens is 2. The molecule has 2 aromatic carbocycles. The largest absolute Gasteiger partial charge is 0.336 e. The van der Waals surface area contributed by atoms with E-state index in [4.69, 9.17) is 11.6 Å². The lowest BCUT2D eigenvalue weighted by molar-refractivity contribution is 0.0625. The van der Waals surface area contributed by atoms with Gasteiger partial charge in [-0.3, -0.25) is 9.69 Å². The summed E-state index contributed by atoms with van der Waals surface area (Å²) in [4.78, 5) is 22.6. The second kappa shape index (κ2) is 9.92. The van der Waals surface area contributed by atoms with Gasteiger partial charge in [-0.2, -0.15) is 0 Å². The number of carbonyl (C=O) groups excluding carboxylic acids is 1. The van der Waals surface area contributed by atoms with Crippen LogP contribution >= 0.6 is 34.7 Å². The number of hydrogen-bond acceptors (Lipinski definition) is 5. The molecule has 1 aliphatic heterocycles. The van der Waals surface area contributed by atoms with Crippen LogP contribution in [0.2, 0.25) is 5.02 Å². The van der Waals surface area contributed by atoms with Crippen LogP contribution in [0.15, 0.2) is 58.3 Å². The van der Waals surface area contributed by atoms with Gasteiger partial charge in [-0.1, -0.05) is 29.8 Å². The summed E-state index contributed by atoms with van der Waals surface area (Å²) in [6, 6.07) is 12.3. The van der Waals surface area contributed by atoms with Crippen LogP contribution in [-0.2, 0) is 12.3 Å². The van der Waals surface area contributed by atoms with Gasteiger partial charge in [-0.15, -0.1) is 23.1 Å². The van der Waals surface area contributed by atoms with Crippen molar-refractivity contribution in [1.29, 1.82) is 0 Å². The minimum absolute atomic E-state index is 0.0656. The second-order valence-corrected chi connectivity index (χ2v) is 9.21. The summed E-state index contributed by atoms with van der Waals surface area (Å²) >= 11 is 9.38. The zero-order chi connectivity index (χ0) is 20.9. The summed E-state index contributed by atoms with van der Waals surface area (Å²) in [5.74, 6) is 0.487. The summed E-state index contributed by atoms with van der Waals surface area (Å²) < 4.78 is 13.2. The van der Waals surface area contributed by atoms with E-state index in [1.807, 2.05) is 40.1 Å². The Bertz CT molecular complexity index is 1010. The first-order chi connectivity index (χ1) is 14.6. The van der Waals surface area contributed by atoms with Crippen LogP contribution in [0.5, 0.6) is 0 Å². The van der Waals surface area contributed by atoms with Crippen molar-refractivity contribution in [2.24, 2.45) is 0 Å². The summed E-state index contributed by atoms with van der Waals surface area (Å²) in [5.41, 5.74) is 4.50. The molecule has 0 atom stereocenters. The Morgan fingerprint density at radius 1 is 1.17 bits per heavy atom. The lowest BCUT2D eigenvalue weighted by Crippen LogP contribution is -2.48. The highest BCUT2D eigenvalue weighted by atomic mass is 35.5. The fourth-order valence-electron chi connectivity index (χ4n) is 3.40. The highest BCUT2D eigenvalue weighted by Gasteiger charge is 2.24. The van der Waals surface area contributed by atoms with Crippen molar-refractivity contribution in [3.8, 4) is 0 Å². The zero-order valence-corrected chi connectivity index (χ0v) is 18.7. The van der Waals surface area contributed by atoms with Crippen molar-refractivity contribution in [2.75, 3.05) is 26.2 Å². The topological polar surface area (TPSA) is 36.4 Å². The van der Waals surface area contributed by atoms with Gasteiger partial charge in [-0.25, -0.2) is 9.37 Å². The van der Waals surface area contributed by atoms with E-state index in [-0.39, 0.29) is 11.7 Å². The van der Waals surface area contributed by atoms with Gasteiger partial charge in [0.15, 0.2) is 0 Å². The molecule has 1 aromatic heterocycles. The van der Waals surface area contributed by atoms with Crippen LogP contribution in [0, 0.1) is 5.82 Å². The Hall–Kier alpha value is -1.93. The van der Waals surface area contributed by atoms with Gasteiger partial charge in [0, 0.05) is 53.8 Å². The van der Waals surface area contributed by atoms with Gasteiger partial charge >= 0.3 is 0 Å². The van der Waals surface area contributed by atoms with Crippen molar-refractivity contribution in [2.45, 2.75) is 17.2 Å². The molecule has 156 valence electrons. The third-order valence-electron chi connectivity index (χ3n) is 5.05. The Kier molecular flexibility index (Phi) is 7.04. The van der Waals surface area contributed by atoms with Gasteiger partial charge in [0.05, 0.1) is 16.8 Å². The third kappa shape index (κ3) is 5.21. The fourth-order valence-corrected chi connectivity index (χ4v) is 5.24. The molecule has 4 rings (SSSR count). The van der Waals surface area contributed by atoms with Crippen LogP contribution in [0.3, 0.4) is 0 Å². The number of carbonyl (C=O) groups is 1. The van der Waals surface area contributed by atoms with Gasteiger partial charge in [0.1, 0.15) is 5.82 Å². The molecule has 0 saturated carbocycles. The maximum Gasteiger partial charge on any atom is 0.255 e. The number of rotatable bonds is 6. The average molecular weight is 462 g/mol. The maximum atomic E-state index is 13.2. The van der Waals surface area contributed by atoms with E-state index in [1.54, 1.807) is 29.2 Å². The third-order valence-corrected chi connectivity index (χ3v) is 7.14. The number of aromatic nitrogens is 1. The Balaban J connectivity index is 1.36. The van der Waals surface area contributed by atoms with E-state index in [9.17, 15) is 9.18 Å². The fraction of sp³-hybridized carbons (Fsp3) is 0.273. The van der Waals surface area contributed by atoms with Crippen molar-refractivity contribution in [3.05, 3.63) is 81.0 Å². The summed E-state index contributed by atoms with van der Waals surface area (Å²) in [6.45, 7) is 3.48. The van der Waals surface area contributed by atoms with Crippen molar-refractivity contribution in [3.63, 3.8) is 0 Å². The molecule has 0 radical (unpaired) electrons. The predicted octanol–water partition coefficient (Wildman–Crippen LogP) is 5.19. The molecule has 3 aromatic rings. The van der Waals surface area contributed by atoms with Gasteiger partial charge in [0.2, 0.25) is 0 Å². The first-order valence-corrected chi connectivity index (χ1v) is 12.0. The number of thiazole rings is 1. The highest BCUT2D eigenvalue weighted by Crippen LogP contribution is 2.28. The summed E-state index contributed by atoms with van der Waals surface area (Å²) in [6.07, 6.45) is 0. The van der Waals surface area contributed by atoms with Gasteiger partial charge < -0.3 is 4.90 Å². The molecular formula is C22H21ClFN3OS2. The Morgan fingerprint density at radius 2 is 1.97 bits per heavy atom. The molecular weight excluding hydrogens is 441 g/mol. The number of piperazine rings is 1. The Morgan fingerprint density at radius 3 is 2.70 bits per heavy atom. The SMILES string of the molecule is O=C(c1ccccc1SCc1cscn1)N1CCN(Cc2ccc(F)cc2Cl)CC1. The van der Waals surface area contributed by atoms with Crippen LogP contribution in [-0.4, -0.2) is 46.9 Å². The molecule has 2 heterocycles. The van der Waals surface area contributed by atoms with E-state index in [0.717, 1.165) is 40.6 Å². The van der Waals surface area contributed by atoms with E-state index in [0.29, 0.717) is 24.7 Å². The highest BCUT2D eigenvalue weighted by molar-refractivity contribution is 7.98. The summed E-state index contributed by atoms with van der Waals surface area (Å²) in [7, 11) is 0. The smallest absolute Gasteiger partial charge is 0.255 e. The minimum atomic E-state index is -0.328. The molecule has 0 N–H and O–H groups in total. The Labute approximate surface area is 188 Å². The average Bonchev–Trinajstić information content (AvgIpc) is 3.28.